The van der Waals surface area contributed by atoms with Gasteiger partial charge in [-0.2, -0.15) is 0 Å². The minimum absolute atomic E-state index is 0.129. The molecule has 0 aliphatic rings. The lowest BCUT2D eigenvalue weighted by Crippen LogP contribution is -2.10. The number of hydrogen-bond donors (Lipinski definition) is 1. The molecule has 2 nitrogen and oxygen atoms in total. The molecule has 1 aromatic rings. The second-order valence-electron chi connectivity index (χ2n) is 7.39. The number of allylic oxidation sites excluding steroid dienone is 4. The fourth-order valence-electron chi connectivity index (χ4n) is 2.96. The number of benzene rings is 1. The maximum Gasteiger partial charge on any atom is 0.224 e. The van der Waals surface area contributed by atoms with Crippen LogP contribution in [0.25, 0.3) is 0 Å². The fraction of sp³-hybridized carbons (Fsp3) is 0.560. The van der Waals surface area contributed by atoms with Gasteiger partial charge in [-0.15, -0.1) is 0 Å². The van der Waals surface area contributed by atoms with Crippen molar-refractivity contribution in [3.8, 4) is 0 Å². The predicted molar refractivity (Wildman–Crippen MR) is 119 cm³/mol. The Labute approximate surface area is 167 Å². The lowest BCUT2D eigenvalue weighted by atomic mass is 10.1. The molecule has 0 heterocycles. The highest BCUT2D eigenvalue weighted by Gasteiger charge is 2.01. The third-order valence-corrected chi connectivity index (χ3v) is 4.69. The Morgan fingerprint density at radius 2 is 1.41 bits per heavy atom. The van der Waals surface area contributed by atoms with Gasteiger partial charge in [0.1, 0.15) is 0 Å². The van der Waals surface area contributed by atoms with Gasteiger partial charge in [0.25, 0.3) is 0 Å². The standard InChI is InChI=1S/C25H39NO/c1-3-4-5-6-7-8-9-10-11-12-13-14-15-16-17-18-25(27)26-24-21-19-23(2)20-22-24/h7-8,10-11,19-22H,3-6,9,12-18H2,1-2H3,(H,26,27)/b8-7-,11-10-. The first-order valence-electron chi connectivity index (χ1n) is 10.9. The van der Waals surface area contributed by atoms with Crippen molar-refractivity contribution in [2.75, 3.05) is 5.32 Å². The largest absolute Gasteiger partial charge is 0.326 e. The third kappa shape index (κ3) is 14.0. The van der Waals surface area contributed by atoms with Gasteiger partial charge in [0, 0.05) is 12.1 Å². The van der Waals surface area contributed by atoms with Crippen molar-refractivity contribution in [1.82, 2.24) is 0 Å². The average Bonchev–Trinajstić information content (AvgIpc) is 2.66. The van der Waals surface area contributed by atoms with Crippen molar-refractivity contribution in [1.29, 1.82) is 0 Å². The Morgan fingerprint density at radius 3 is 2.07 bits per heavy atom. The van der Waals surface area contributed by atoms with E-state index in [0.717, 1.165) is 24.9 Å². The molecule has 0 radical (unpaired) electrons. The van der Waals surface area contributed by atoms with Gasteiger partial charge in [0.15, 0.2) is 0 Å². The molecule has 1 N–H and O–H groups in total. The summed E-state index contributed by atoms with van der Waals surface area (Å²) in [5.74, 6) is 0.129. The Bertz CT molecular complexity index is 542. The van der Waals surface area contributed by atoms with Crippen LogP contribution in [0.4, 0.5) is 5.69 Å². The molecule has 0 saturated heterocycles. The molecule has 0 spiro atoms. The predicted octanol–water partition coefficient (Wildman–Crippen LogP) is 7.75. The van der Waals surface area contributed by atoms with Crippen LogP contribution >= 0.6 is 0 Å². The maximum absolute atomic E-state index is 11.9. The molecule has 0 bridgehead atoms. The smallest absolute Gasteiger partial charge is 0.224 e. The average molecular weight is 370 g/mol. The summed E-state index contributed by atoms with van der Waals surface area (Å²) in [4.78, 5) is 11.9. The van der Waals surface area contributed by atoms with Crippen molar-refractivity contribution in [2.24, 2.45) is 0 Å². The van der Waals surface area contributed by atoms with Crippen LogP contribution in [0.3, 0.4) is 0 Å². The normalized spacial score (nSPS) is 11.5. The Morgan fingerprint density at radius 1 is 0.815 bits per heavy atom. The highest BCUT2D eigenvalue weighted by molar-refractivity contribution is 5.90. The van der Waals surface area contributed by atoms with E-state index >= 15 is 0 Å². The van der Waals surface area contributed by atoms with Gasteiger partial charge >= 0.3 is 0 Å². The van der Waals surface area contributed by atoms with Gasteiger partial charge in [-0.3, -0.25) is 4.79 Å². The first-order valence-corrected chi connectivity index (χ1v) is 10.9. The Balaban J connectivity index is 1.90. The molecule has 1 rings (SSSR count). The highest BCUT2D eigenvalue weighted by Crippen LogP contribution is 2.11. The van der Waals surface area contributed by atoms with E-state index in [0.29, 0.717) is 6.42 Å². The second kappa shape index (κ2) is 16.4. The molecule has 0 unspecified atom stereocenters. The molecule has 150 valence electrons. The van der Waals surface area contributed by atoms with E-state index in [2.05, 4.69) is 36.5 Å². The van der Waals surface area contributed by atoms with Gasteiger partial charge in [-0.05, 0) is 57.6 Å². The fourth-order valence-corrected chi connectivity index (χ4v) is 2.96. The Hall–Kier alpha value is -1.83. The van der Waals surface area contributed by atoms with E-state index in [4.69, 9.17) is 0 Å². The van der Waals surface area contributed by atoms with Gasteiger partial charge < -0.3 is 5.32 Å². The topological polar surface area (TPSA) is 29.1 Å². The molecule has 0 fully saturated rings. The number of unbranched alkanes of at least 4 members (excludes halogenated alkanes) is 8. The van der Waals surface area contributed by atoms with Crippen molar-refractivity contribution >= 4 is 11.6 Å². The number of aryl methyl sites for hydroxylation is 1. The summed E-state index contributed by atoms with van der Waals surface area (Å²) in [7, 11) is 0. The number of carbonyl (C=O) groups is 1. The summed E-state index contributed by atoms with van der Waals surface area (Å²) in [6.07, 6.45) is 23.1. The van der Waals surface area contributed by atoms with Crippen LogP contribution in [-0.4, -0.2) is 5.91 Å². The number of hydrogen-bond acceptors (Lipinski definition) is 1. The van der Waals surface area contributed by atoms with Crippen LogP contribution in [0.1, 0.15) is 89.5 Å². The minimum Gasteiger partial charge on any atom is -0.326 e. The lowest BCUT2D eigenvalue weighted by Gasteiger charge is -2.05. The summed E-state index contributed by atoms with van der Waals surface area (Å²) in [6.45, 7) is 4.30. The summed E-state index contributed by atoms with van der Waals surface area (Å²) in [6, 6.07) is 7.97. The van der Waals surface area contributed by atoms with E-state index in [-0.39, 0.29) is 5.91 Å². The third-order valence-electron chi connectivity index (χ3n) is 4.69. The molecule has 27 heavy (non-hydrogen) atoms. The summed E-state index contributed by atoms with van der Waals surface area (Å²) < 4.78 is 0. The van der Waals surface area contributed by atoms with E-state index in [1.807, 2.05) is 31.2 Å². The SMILES string of the molecule is CCCCC/C=C\C/C=C\CCCCCCCC(=O)Nc1ccc(C)cc1. The number of rotatable bonds is 15. The van der Waals surface area contributed by atoms with E-state index in [1.165, 1.54) is 56.9 Å². The molecular weight excluding hydrogens is 330 g/mol. The van der Waals surface area contributed by atoms with Crippen LogP contribution in [0.15, 0.2) is 48.6 Å². The molecular formula is C25H39NO. The van der Waals surface area contributed by atoms with Gasteiger partial charge in [-0.25, -0.2) is 0 Å². The monoisotopic (exact) mass is 369 g/mol. The molecule has 0 saturated carbocycles. The van der Waals surface area contributed by atoms with Crippen molar-refractivity contribution in [3.63, 3.8) is 0 Å². The molecule has 0 aromatic heterocycles. The molecule has 0 aliphatic heterocycles. The highest BCUT2D eigenvalue weighted by atomic mass is 16.1. The van der Waals surface area contributed by atoms with Gasteiger partial charge in [0.2, 0.25) is 5.91 Å². The van der Waals surface area contributed by atoms with Crippen molar-refractivity contribution in [3.05, 3.63) is 54.1 Å². The van der Waals surface area contributed by atoms with Crippen molar-refractivity contribution in [2.45, 2.75) is 90.9 Å². The number of nitrogens with one attached hydrogen (secondary N) is 1. The first kappa shape index (κ1) is 23.2. The summed E-state index contributed by atoms with van der Waals surface area (Å²) in [5, 5.41) is 2.97. The molecule has 0 aliphatic carbocycles. The quantitative estimate of drug-likeness (QED) is 0.248. The van der Waals surface area contributed by atoms with Crippen molar-refractivity contribution < 1.29 is 4.79 Å². The van der Waals surface area contributed by atoms with E-state index < -0.39 is 0 Å². The maximum atomic E-state index is 11.9. The summed E-state index contributed by atoms with van der Waals surface area (Å²) >= 11 is 0. The van der Waals surface area contributed by atoms with E-state index in [1.54, 1.807) is 0 Å². The van der Waals surface area contributed by atoms with Crippen LogP contribution in [0.2, 0.25) is 0 Å². The second-order valence-corrected chi connectivity index (χ2v) is 7.39. The lowest BCUT2D eigenvalue weighted by molar-refractivity contribution is -0.116. The number of amides is 1. The van der Waals surface area contributed by atoms with Crippen LogP contribution < -0.4 is 5.32 Å². The summed E-state index contributed by atoms with van der Waals surface area (Å²) in [5.41, 5.74) is 2.11. The minimum atomic E-state index is 0.129. The zero-order valence-corrected chi connectivity index (χ0v) is 17.5. The zero-order chi connectivity index (χ0) is 19.6. The first-order chi connectivity index (χ1) is 13.2. The molecule has 0 atom stereocenters. The number of carbonyl (C=O) groups excluding carboxylic acids is 1. The Kier molecular flexibility index (Phi) is 14.1. The molecule has 1 amide bonds. The van der Waals surface area contributed by atoms with Gasteiger partial charge in [-0.1, -0.05) is 81.0 Å². The molecule has 1 aromatic carbocycles. The van der Waals surface area contributed by atoms with Gasteiger partial charge in [0.05, 0.1) is 0 Å². The van der Waals surface area contributed by atoms with E-state index in [9.17, 15) is 4.79 Å². The van der Waals surface area contributed by atoms with Crippen LogP contribution in [0.5, 0.6) is 0 Å². The number of anilines is 1. The molecule has 2 heteroatoms. The zero-order valence-electron chi connectivity index (χ0n) is 17.5. The van der Waals surface area contributed by atoms with Crippen LogP contribution in [-0.2, 0) is 4.79 Å². The van der Waals surface area contributed by atoms with Crippen LogP contribution in [0, 0.1) is 6.92 Å².